The van der Waals surface area contributed by atoms with E-state index >= 15 is 0 Å². The summed E-state index contributed by atoms with van der Waals surface area (Å²) in [5.41, 5.74) is 0.835. The number of likely N-dealkylation sites (N-methyl/N-ethyl adjacent to an activating group) is 1. The second kappa shape index (κ2) is 5.73. The van der Waals surface area contributed by atoms with E-state index in [1.54, 1.807) is 12.4 Å². The number of nitrogens with zero attached hydrogens (tertiary/aromatic N) is 4. The van der Waals surface area contributed by atoms with Gasteiger partial charge in [-0.05, 0) is 38.4 Å². The van der Waals surface area contributed by atoms with Crippen molar-refractivity contribution in [2.24, 2.45) is 5.92 Å². The smallest absolute Gasteiger partial charge is 0.244 e. The fourth-order valence-electron chi connectivity index (χ4n) is 3.04. The van der Waals surface area contributed by atoms with Gasteiger partial charge < -0.3 is 9.84 Å². The van der Waals surface area contributed by atoms with Gasteiger partial charge in [-0.3, -0.25) is 14.7 Å². The van der Waals surface area contributed by atoms with Gasteiger partial charge in [-0.25, -0.2) is 0 Å². The highest BCUT2D eigenvalue weighted by Crippen LogP contribution is 2.33. The predicted octanol–water partition coefficient (Wildman–Crippen LogP) is 1.40. The normalized spacial score (nSPS) is 24.7. The van der Waals surface area contributed by atoms with Gasteiger partial charge in [0.25, 0.3) is 0 Å². The minimum atomic E-state index is 0.0393. The zero-order valence-electron chi connectivity index (χ0n) is 13.0. The van der Waals surface area contributed by atoms with Gasteiger partial charge in [0.05, 0.1) is 6.04 Å². The van der Waals surface area contributed by atoms with Crippen LogP contribution in [-0.4, -0.2) is 45.6 Å². The van der Waals surface area contributed by atoms with Gasteiger partial charge >= 0.3 is 0 Å². The molecule has 7 heteroatoms. The standard InChI is InChI=1S/C16H19N5O2/c1-21-9-12(18-15(22)10-4-5-10)7-13(21)16-19-14(20-23-16)11-3-2-6-17-8-11/h2-3,6,8,10,12-13H,4-5,7,9H2,1H3,(H,18,22). The molecule has 1 N–H and O–H groups in total. The van der Waals surface area contributed by atoms with Gasteiger partial charge in [-0.1, -0.05) is 5.16 Å². The Kier molecular flexibility index (Phi) is 3.57. The summed E-state index contributed by atoms with van der Waals surface area (Å²) in [6.07, 6.45) is 6.27. The number of hydrogen-bond donors (Lipinski definition) is 1. The molecule has 2 unspecified atom stereocenters. The average molecular weight is 313 g/mol. The summed E-state index contributed by atoms with van der Waals surface area (Å²) in [7, 11) is 2.02. The molecule has 0 radical (unpaired) electrons. The topological polar surface area (TPSA) is 84.2 Å². The predicted molar refractivity (Wildman–Crippen MR) is 82.2 cm³/mol. The lowest BCUT2D eigenvalue weighted by atomic mass is 10.1. The lowest BCUT2D eigenvalue weighted by Crippen LogP contribution is -2.37. The lowest BCUT2D eigenvalue weighted by molar-refractivity contribution is -0.122. The molecule has 2 aliphatic rings. The molecule has 1 amide bonds. The lowest BCUT2D eigenvalue weighted by Gasteiger charge is -2.14. The molecule has 7 nitrogen and oxygen atoms in total. The third-order valence-electron chi connectivity index (χ3n) is 4.49. The summed E-state index contributed by atoms with van der Waals surface area (Å²) in [4.78, 5) is 22.6. The van der Waals surface area contributed by atoms with Crippen LogP contribution in [0, 0.1) is 5.92 Å². The summed E-state index contributed by atoms with van der Waals surface area (Å²) in [5, 5.41) is 7.18. The van der Waals surface area contributed by atoms with Gasteiger partial charge in [0.2, 0.25) is 17.6 Å². The SMILES string of the molecule is CN1CC(NC(=O)C2CC2)CC1c1nc(-c2cccnc2)no1. The molecule has 2 atom stereocenters. The fourth-order valence-corrected chi connectivity index (χ4v) is 3.04. The van der Waals surface area contributed by atoms with E-state index in [1.807, 2.05) is 19.2 Å². The molecule has 3 heterocycles. The molecule has 1 aliphatic heterocycles. The Morgan fingerprint density at radius 3 is 3.04 bits per heavy atom. The summed E-state index contributed by atoms with van der Waals surface area (Å²) in [6, 6.07) is 3.93. The molecule has 23 heavy (non-hydrogen) atoms. The Bertz CT molecular complexity index is 698. The molecule has 0 aromatic carbocycles. The maximum Gasteiger partial charge on any atom is 0.244 e. The molecule has 2 aromatic heterocycles. The molecule has 4 rings (SSSR count). The van der Waals surface area contributed by atoms with E-state index in [9.17, 15) is 4.79 Å². The number of carbonyl (C=O) groups excluding carboxylic acids is 1. The number of amides is 1. The molecule has 0 bridgehead atoms. The van der Waals surface area contributed by atoms with Crippen LogP contribution < -0.4 is 5.32 Å². The zero-order chi connectivity index (χ0) is 15.8. The van der Waals surface area contributed by atoms with E-state index in [1.165, 1.54) is 0 Å². The molecule has 0 spiro atoms. The quantitative estimate of drug-likeness (QED) is 0.918. The molecular formula is C16H19N5O2. The number of rotatable bonds is 4. The summed E-state index contributed by atoms with van der Waals surface area (Å²) in [6.45, 7) is 0.799. The van der Waals surface area contributed by atoms with Crippen LogP contribution in [0.15, 0.2) is 29.0 Å². The van der Waals surface area contributed by atoms with E-state index < -0.39 is 0 Å². The van der Waals surface area contributed by atoms with Crippen molar-refractivity contribution in [2.75, 3.05) is 13.6 Å². The van der Waals surface area contributed by atoms with Gasteiger partial charge in [0.1, 0.15) is 0 Å². The number of carbonyl (C=O) groups is 1. The third kappa shape index (κ3) is 2.96. The first-order valence-electron chi connectivity index (χ1n) is 7.95. The van der Waals surface area contributed by atoms with Crippen LogP contribution in [0.4, 0.5) is 0 Å². The van der Waals surface area contributed by atoms with Crippen LogP contribution >= 0.6 is 0 Å². The fraction of sp³-hybridized carbons (Fsp3) is 0.500. The Morgan fingerprint density at radius 2 is 2.30 bits per heavy atom. The summed E-state index contributed by atoms with van der Waals surface area (Å²) in [5.74, 6) is 1.56. The molecule has 2 fully saturated rings. The van der Waals surface area contributed by atoms with Crippen LogP contribution in [0.3, 0.4) is 0 Å². The van der Waals surface area contributed by atoms with Crippen molar-refractivity contribution < 1.29 is 9.32 Å². The van der Waals surface area contributed by atoms with Crippen LogP contribution in [0.2, 0.25) is 0 Å². The first kappa shape index (κ1) is 14.3. The van der Waals surface area contributed by atoms with Crippen molar-refractivity contribution in [2.45, 2.75) is 31.3 Å². The maximum atomic E-state index is 11.9. The Labute approximate surface area is 134 Å². The van der Waals surface area contributed by atoms with Gasteiger partial charge in [0, 0.05) is 36.5 Å². The number of pyridine rings is 1. The minimum Gasteiger partial charge on any atom is -0.352 e. The monoisotopic (exact) mass is 313 g/mol. The minimum absolute atomic E-state index is 0.0393. The van der Waals surface area contributed by atoms with Crippen molar-refractivity contribution in [1.29, 1.82) is 0 Å². The molecule has 120 valence electrons. The highest BCUT2D eigenvalue weighted by molar-refractivity contribution is 5.81. The zero-order valence-corrected chi connectivity index (χ0v) is 13.0. The maximum absolute atomic E-state index is 11.9. The van der Waals surface area contributed by atoms with Crippen molar-refractivity contribution in [3.63, 3.8) is 0 Å². The summed E-state index contributed by atoms with van der Waals surface area (Å²) < 4.78 is 5.44. The van der Waals surface area contributed by atoms with E-state index in [-0.39, 0.29) is 23.9 Å². The van der Waals surface area contributed by atoms with Gasteiger partial charge in [-0.15, -0.1) is 0 Å². The molecule has 2 aromatic rings. The highest BCUT2D eigenvalue weighted by Gasteiger charge is 2.37. The first-order chi connectivity index (χ1) is 11.2. The number of nitrogens with one attached hydrogen (secondary N) is 1. The molecule has 1 aliphatic carbocycles. The Morgan fingerprint density at radius 1 is 1.43 bits per heavy atom. The van der Waals surface area contributed by atoms with E-state index in [0.29, 0.717) is 11.7 Å². The van der Waals surface area contributed by atoms with Crippen molar-refractivity contribution in [3.8, 4) is 11.4 Å². The van der Waals surface area contributed by atoms with Crippen molar-refractivity contribution in [3.05, 3.63) is 30.4 Å². The van der Waals surface area contributed by atoms with Crippen LogP contribution in [0.5, 0.6) is 0 Å². The number of aromatic nitrogens is 3. The van der Waals surface area contributed by atoms with E-state index in [0.717, 1.165) is 31.4 Å². The largest absolute Gasteiger partial charge is 0.352 e. The van der Waals surface area contributed by atoms with Gasteiger partial charge in [-0.2, -0.15) is 4.98 Å². The van der Waals surface area contributed by atoms with Crippen LogP contribution in [0.25, 0.3) is 11.4 Å². The number of likely N-dealkylation sites (tertiary alicyclic amines) is 1. The molecular weight excluding hydrogens is 294 g/mol. The van der Waals surface area contributed by atoms with E-state index in [2.05, 4.69) is 25.3 Å². The third-order valence-corrected chi connectivity index (χ3v) is 4.49. The van der Waals surface area contributed by atoms with E-state index in [4.69, 9.17) is 4.52 Å². The molecule has 1 saturated carbocycles. The van der Waals surface area contributed by atoms with Crippen molar-refractivity contribution >= 4 is 5.91 Å². The Hall–Kier alpha value is -2.28. The molecule has 1 saturated heterocycles. The summed E-state index contributed by atoms with van der Waals surface area (Å²) >= 11 is 0. The van der Waals surface area contributed by atoms with Crippen LogP contribution in [0.1, 0.15) is 31.2 Å². The number of hydrogen-bond acceptors (Lipinski definition) is 6. The first-order valence-corrected chi connectivity index (χ1v) is 7.95. The van der Waals surface area contributed by atoms with Crippen molar-refractivity contribution in [1.82, 2.24) is 25.3 Å². The van der Waals surface area contributed by atoms with Crippen LogP contribution in [-0.2, 0) is 4.79 Å². The second-order valence-electron chi connectivity index (χ2n) is 6.37. The van der Waals surface area contributed by atoms with Gasteiger partial charge in [0.15, 0.2) is 0 Å². The Balaban J connectivity index is 1.45. The second-order valence-corrected chi connectivity index (χ2v) is 6.37. The average Bonchev–Trinajstić information content (AvgIpc) is 3.20. The highest BCUT2D eigenvalue weighted by atomic mass is 16.5.